The quantitative estimate of drug-likeness (QED) is 0.142. The smallest absolute Gasteiger partial charge is 0.227 e. The van der Waals surface area contributed by atoms with Crippen LogP contribution in [0, 0.1) is 13.8 Å². The van der Waals surface area contributed by atoms with Crippen LogP contribution < -0.4 is 31.3 Å². The Bertz CT molecular complexity index is 2270. The highest BCUT2D eigenvalue weighted by Crippen LogP contribution is 2.38. The zero-order valence-corrected chi connectivity index (χ0v) is 36.1. The molecule has 6 aromatic heterocycles. The van der Waals surface area contributed by atoms with Crippen molar-refractivity contribution >= 4 is 57.2 Å². The Hall–Kier alpha value is -5.56. The van der Waals surface area contributed by atoms with Crippen molar-refractivity contribution in [2.45, 2.75) is 90.5 Å². The van der Waals surface area contributed by atoms with E-state index in [2.05, 4.69) is 58.8 Å². The third-order valence-corrected chi connectivity index (χ3v) is 12.4. The van der Waals surface area contributed by atoms with Gasteiger partial charge < -0.3 is 39.9 Å². The molecule has 2 aliphatic heterocycles. The highest BCUT2D eigenvalue weighted by atomic mass is 16.5. The van der Waals surface area contributed by atoms with E-state index in [0.717, 1.165) is 59.4 Å². The molecule has 60 heavy (non-hydrogen) atoms. The van der Waals surface area contributed by atoms with Gasteiger partial charge in [0.2, 0.25) is 11.9 Å². The molecule has 4 N–H and O–H groups in total. The number of rotatable bonds is 13. The summed E-state index contributed by atoms with van der Waals surface area (Å²) in [6.45, 7) is 16.3. The lowest BCUT2D eigenvalue weighted by atomic mass is 9.91. The summed E-state index contributed by atoms with van der Waals surface area (Å²) in [5.41, 5.74) is 15.1. The van der Waals surface area contributed by atoms with E-state index in [-0.39, 0.29) is 23.3 Å². The third-order valence-electron chi connectivity index (χ3n) is 12.4. The summed E-state index contributed by atoms with van der Waals surface area (Å²) in [6.07, 6.45) is 10.2. The summed E-state index contributed by atoms with van der Waals surface area (Å²) in [4.78, 5) is 44.4. The molecule has 0 bridgehead atoms. The number of fused-ring (bicyclic) bond motifs is 2. The molecule has 0 amide bonds. The number of nitrogens with zero attached hydrogens (tertiary/aromatic N) is 14. The van der Waals surface area contributed by atoms with Crippen LogP contribution in [0.5, 0.6) is 0 Å². The number of pyridine rings is 2. The molecule has 0 aromatic carbocycles. The van der Waals surface area contributed by atoms with E-state index in [9.17, 15) is 0 Å². The monoisotopic (exact) mass is 818 g/mol. The number of piperidine rings is 2. The minimum atomic E-state index is -0.368. The lowest BCUT2D eigenvalue weighted by Crippen LogP contribution is -2.50. The molecule has 18 heteroatoms. The summed E-state index contributed by atoms with van der Waals surface area (Å²) in [6, 6.07) is 8.21. The van der Waals surface area contributed by atoms with Gasteiger partial charge in [0.1, 0.15) is 22.7 Å². The molecule has 0 saturated carbocycles. The third kappa shape index (κ3) is 7.45. The summed E-state index contributed by atoms with van der Waals surface area (Å²) in [7, 11) is 3.47. The summed E-state index contributed by atoms with van der Waals surface area (Å²) in [5, 5.41) is 3.93. The first-order valence-electron chi connectivity index (χ1n) is 20.9. The van der Waals surface area contributed by atoms with Crippen molar-refractivity contribution < 1.29 is 9.47 Å². The number of hydrogen-bond donors (Lipinski definition) is 2. The highest BCUT2D eigenvalue weighted by Gasteiger charge is 2.37. The molecule has 318 valence electrons. The molecule has 2 fully saturated rings. The zero-order chi connectivity index (χ0) is 42.3. The molecule has 18 nitrogen and oxygen atoms in total. The number of ether oxygens (including phenoxy) is 2. The molecule has 2 saturated heterocycles. The molecule has 6 aromatic rings. The van der Waals surface area contributed by atoms with E-state index in [1.165, 1.54) is 0 Å². The second-order valence-electron chi connectivity index (χ2n) is 16.5. The number of nitrogens with two attached hydrogens (primary N) is 2. The van der Waals surface area contributed by atoms with Gasteiger partial charge in [0, 0.05) is 102 Å². The van der Waals surface area contributed by atoms with Gasteiger partial charge in [-0.25, -0.2) is 39.9 Å². The molecule has 0 aliphatic carbocycles. The van der Waals surface area contributed by atoms with Crippen molar-refractivity contribution in [3.05, 3.63) is 60.7 Å². The molecule has 2 aliphatic rings. The van der Waals surface area contributed by atoms with Crippen LogP contribution in [-0.2, 0) is 9.47 Å². The fourth-order valence-corrected chi connectivity index (χ4v) is 8.83. The number of hydrogen-bond acceptors (Lipinski definition) is 16. The molecule has 8 rings (SSSR count). The SMILES string of the molecule is COC1(CN)CCN(c2nccc(N(c3cc4c(cn3)nc(C)n4C(C)C)N(c3cc4c(cn3)nc(C)n4C(C)C)c3ccnc(N4CCC(CN)(OC)CC4)n3)n2)CC1. The van der Waals surface area contributed by atoms with Gasteiger partial charge in [-0.2, -0.15) is 9.97 Å². The van der Waals surface area contributed by atoms with Crippen molar-refractivity contribution in [1.82, 2.24) is 49.0 Å². The fourth-order valence-electron chi connectivity index (χ4n) is 8.83. The minimum Gasteiger partial charge on any atom is -0.377 e. The van der Waals surface area contributed by atoms with Crippen LogP contribution in [0.1, 0.15) is 77.1 Å². The first kappa shape index (κ1) is 41.2. The summed E-state index contributed by atoms with van der Waals surface area (Å²) >= 11 is 0. The van der Waals surface area contributed by atoms with Gasteiger partial charge in [-0.3, -0.25) is 0 Å². The first-order valence-corrected chi connectivity index (χ1v) is 20.9. The van der Waals surface area contributed by atoms with Crippen molar-refractivity contribution in [1.29, 1.82) is 0 Å². The average Bonchev–Trinajstić information content (AvgIpc) is 3.79. The van der Waals surface area contributed by atoms with Crippen LogP contribution in [0.4, 0.5) is 35.2 Å². The first-order chi connectivity index (χ1) is 28.9. The molecule has 0 unspecified atom stereocenters. The largest absolute Gasteiger partial charge is 0.377 e. The lowest BCUT2D eigenvalue weighted by molar-refractivity contribution is -0.0218. The number of anilines is 6. The standard InChI is InChI=1S/C42H58N16O2/c1-27(2)55-29(5)49-31-23-47-37(21-33(31)55)57(35-9-15-45-39(51-35)53-17-11-41(25-43,59-7)12-18-53)58(38-22-34-32(24-48-38)50-30(6)56(34)28(3)4)36-10-16-46-40(52-36)54-19-13-42(26-44,60-8)14-20-54/h9-10,15-16,21-24,27-28H,11-14,17-20,25-26,43-44H2,1-8H3. The maximum atomic E-state index is 6.18. The fraction of sp³-hybridized carbons (Fsp3) is 0.524. The maximum absolute atomic E-state index is 6.18. The van der Waals surface area contributed by atoms with Gasteiger partial charge in [0.05, 0.1) is 34.6 Å². The average molecular weight is 819 g/mol. The van der Waals surface area contributed by atoms with Gasteiger partial charge in [-0.05, 0) is 67.2 Å². The van der Waals surface area contributed by atoms with Gasteiger partial charge in [0.15, 0.2) is 23.3 Å². The Morgan fingerprint density at radius 3 is 1.32 bits per heavy atom. The van der Waals surface area contributed by atoms with E-state index in [4.69, 9.17) is 60.8 Å². The second kappa shape index (κ2) is 16.5. The van der Waals surface area contributed by atoms with E-state index < -0.39 is 0 Å². The van der Waals surface area contributed by atoms with Crippen LogP contribution in [0.25, 0.3) is 22.1 Å². The van der Waals surface area contributed by atoms with Gasteiger partial charge >= 0.3 is 0 Å². The van der Waals surface area contributed by atoms with Crippen LogP contribution in [-0.4, -0.2) is 114 Å². The zero-order valence-electron chi connectivity index (χ0n) is 36.1. The molecule has 0 spiro atoms. The number of hydrazine groups is 1. The number of aromatic nitrogens is 10. The second-order valence-corrected chi connectivity index (χ2v) is 16.5. The number of imidazole rings is 2. The minimum absolute atomic E-state index is 0.154. The summed E-state index contributed by atoms with van der Waals surface area (Å²) in [5.74, 6) is 5.24. The Morgan fingerprint density at radius 1 is 0.600 bits per heavy atom. The Labute approximate surface area is 350 Å². The number of methoxy groups -OCH3 is 2. The van der Waals surface area contributed by atoms with Crippen molar-refractivity contribution in [3.63, 3.8) is 0 Å². The maximum Gasteiger partial charge on any atom is 0.227 e. The molecular formula is C42H58N16O2. The molecule has 8 heterocycles. The Kier molecular flexibility index (Phi) is 11.3. The summed E-state index contributed by atoms with van der Waals surface area (Å²) < 4.78 is 16.2. The van der Waals surface area contributed by atoms with Crippen LogP contribution in [0.2, 0.25) is 0 Å². The van der Waals surface area contributed by atoms with Crippen molar-refractivity contribution in [3.8, 4) is 0 Å². The highest BCUT2D eigenvalue weighted by molar-refractivity contribution is 5.84. The number of aryl methyl sites for hydroxylation is 2. The molecule has 0 radical (unpaired) electrons. The predicted molar refractivity (Wildman–Crippen MR) is 234 cm³/mol. The van der Waals surface area contributed by atoms with Crippen LogP contribution in [0.3, 0.4) is 0 Å². The normalized spacial score (nSPS) is 16.7. The lowest BCUT2D eigenvalue weighted by Gasteiger charge is -2.41. The van der Waals surface area contributed by atoms with Crippen molar-refractivity contribution in [2.75, 3.05) is 73.3 Å². The topological polar surface area (TPSA) is 196 Å². The van der Waals surface area contributed by atoms with Crippen LogP contribution >= 0.6 is 0 Å². The van der Waals surface area contributed by atoms with Gasteiger partial charge in [0.25, 0.3) is 0 Å². The van der Waals surface area contributed by atoms with E-state index in [1.807, 2.05) is 48.4 Å². The van der Waals surface area contributed by atoms with Gasteiger partial charge in [-0.1, -0.05) is 0 Å². The van der Waals surface area contributed by atoms with E-state index >= 15 is 0 Å². The Morgan fingerprint density at radius 2 is 0.983 bits per heavy atom. The predicted octanol–water partition coefficient (Wildman–Crippen LogP) is 5.31. The molecular weight excluding hydrogens is 761 g/mol. The van der Waals surface area contributed by atoms with E-state index in [1.54, 1.807) is 26.6 Å². The Balaban J connectivity index is 1.33. The van der Waals surface area contributed by atoms with Crippen LogP contribution in [0.15, 0.2) is 49.1 Å². The van der Waals surface area contributed by atoms with Gasteiger partial charge in [-0.15, -0.1) is 0 Å². The molecule has 0 atom stereocenters. The van der Waals surface area contributed by atoms with Crippen molar-refractivity contribution in [2.24, 2.45) is 11.5 Å². The van der Waals surface area contributed by atoms with E-state index in [0.29, 0.717) is 74.4 Å².